The number of nitrogens with one attached hydrogen (secondary N) is 2. The molecule has 3 rings (SSSR count). The van der Waals surface area contributed by atoms with Crippen molar-refractivity contribution in [2.75, 3.05) is 10.6 Å². The molecule has 0 saturated carbocycles. The smallest absolute Gasteiger partial charge is 0.274 e. The zero-order chi connectivity index (χ0) is 18.5. The second-order valence-corrected chi connectivity index (χ2v) is 6.09. The van der Waals surface area contributed by atoms with E-state index in [1.165, 1.54) is 6.92 Å². The van der Waals surface area contributed by atoms with E-state index in [1.807, 2.05) is 12.1 Å². The summed E-state index contributed by atoms with van der Waals surface area (Å²) in [5.74, 6) is -0.341. The van der Waals surface area contributed by atoms with Gasteiger partial charge in [0.15, 0.2) is 5.78 Å². The normalized spacial score (nSPS) is 10.2. The Labute approximate surface area is 156 Å². The van der Waals surface area contributed by atoms with Crippen molar-refractivity contribution in [3.63, 3.8) is 0 Å². The Bertz CT molecular complexity index is 921. The fourth-order valence-electron chi connectivity index (χ4n) is 2.29. The molecule has 0 saturated heterocycles. The number of hydrogen-bond acceptors (Lipinski definition) is 4. The fraction of sp³-hybridized carbons (Fsp3) is 0.0500. The minimum Gasteiger partial charge on any atom is -0.354 e. The van der Waals surface area contributed by atoms with E-state index in [2.05, 4.69) is 15.6 Å². The topological polar surface area (TPSA) is 71.1 Å². The number of anilines is 3. The second-order valence-electron chi connectivity index (χ2n) is 5.65. The van der Waals surface area contributed by atoms with Gasteiger partial charge in [0.1, 0.15) is 5.69 Å². The maximum atomic E-state index is 12.3. The predicted octanol–water partition coefficient (Wildman–Crippen LogP) is 4.93. The van der Waals surface area contributed by atoms with Crippen LogP contribution < -0.4 is 10.6 Å². The lowest BCUT2D eigenvalue weighted by Gasteiger charge is -2.08. The van der Waals surface area contributed by atoms with E-state index in [9.17, 15) is 9.59 Å². The van der Waals surface area contributed by atoms with Gasteiger partial charge in [-0.05, 0) is 67.6 Å². The first-order chi connectivity index (χ1) is 12.5. The van der Waals surface area contributed by atoms with E-state index in [0.717, 1.165) is 11.4 Å². The van der Waals surface area contributed by atoms with Gasteiger partial charge in [0.2, 0.25) is 0 Å². The van der Waals surface area contributed by atoms with Gasteiger partial charge in [0, 0.05) is 22.0 Å². The molecule has 0 radical (unpaired) electrons. The van der Waals surface area contributed by atoms with Crippen molar-refractivity contribution in [1.29, 1.82) is 0 Å². The van der Waals surface area contributed by atoms with E-state index < -0.39 is 0 Å². The summed E-state index contributed by atoms with van der Waals surface area (Å²) >= 11 is 5.86. The number of aromatic nitrogens is 1. The summed E-state index contributed by atoms with van der Waals surface area (Å²) < 4.78 is 0. The van der Waals surface area contributed by atoms with Crippen molar-refractivity contribution < 1.29 is 9.59 Å². The van der Waals surface area contributed by atoms with Crippen LogP contribution in [0.25, 0.3) is 0 Å². The van der Waals surface area contributed by atoms with Crippen molar-refractivity contribution in [1.82, 2.24) is 4.98 Å². The van der Waals surface area contributed by atoms with E-state index in [4.69, 9.17) is 11.6 Å². The van der Waals surface area contributed by atoms with Crippen LogP contribution in [0.3, 0.4) is 0 Å². The summed E-state index contributed by atoms with van der Waals surface area (Å²) in [5, 5.41) is 6.59. The number of pyridine rings is 1. The van der Waals surface area contributed by atoms with Crippen molar-refractivity contribution in [3.05, 3.63) is 83.1 Å². The molecule has 2 N–H and O–H groups in total. The highest BCUT2D eigenvalue weighted by Crippen LogP contribution is 2.19. The molecule has 0 aliphatic heterocycles. The molecule has 1 amide bonds. The van der Waals surface area contributed by atoms with E-state index in [-0.39, 0.29) is 11.7 Å². The maximum Gasteiger partial charge on any atom is 0.274 e. The fourth-order valence-corrected chi connectivity index (χ4v) is 2.41. The molecule has 26 heavy (non-hydrogen) atoms. The minimum atomic E-state index is -0.321. The second kappa shape index (κ2) is 7.80. The third-order valence-corrected chi connectivity index (χ3v) is 3.93. The number of carbonyl (C=O) groups excluding carboxylic acids is 2. The first-order valence-electron chi connectivity index (χ1n) is 7.92. The molecule has 0 unspecified atom stereocenters. The van der Waals surface area contributed by atoms with Crippen LogP contribution >= 0.6 is 11.6 Å². The van der Waals surface area contributed by atoms with E-state index in [1.54, 1.807) is 54.7 Å². The Morgan fingerprint density at radius 1 is 0.846 bits per heavy atom. The highest BCUT2D eigenvalue weighted by molar-refractivity contribution is 6.30. The molecule has 0 atom stereocenters. The third kappa shape index (κ3) is 4.46. The summed E-state index contributed by atoms with van der Waals surface area (Å²) in [5.41, 5.74) is 3.12. The zero-order valence-corrected chi connectivity index (χ0v) is 14.7. The average Bonchev–Trinajstić information content (AvgIpc) is 2.64. The lowest BCUT2D eigenvalue weighted by molar-refractivity contribution is 0.101. The highest BCUT2D eigenvalue weighted by Gasteiger charge is 2.08. The Balaban J connectivity index is 1.64. The van der Waals surface area contributed by atoms with Crippen LogP contribution in [-0.2, 0) is 0 Å². The molecule has 0 aliphatic carbocycles. The molecular formula is C20H16ClN3O2. The molecule has 0 aliphatic rings. The lowest BCUT2D eigenvalue weighted by Crippen LogP contribution is -2.13. The van der Waals surface area contributed by atoms with Gasteiger partial charge in [-0.1, -0.05) is 11.6 Å². The quantitative estimate of drug-likeness (QED) is 0.628. The van der Waals surface area contributed by atoms with Crippen LogP contribution in [0.2, 0.25) is 5.02 Å². The van der Waals surface area contributed by atoms with Gasteiger partial charge in [-0.2, -0.15) is 0 Å². The Hall–Kier alpha value is -3.18. The molecule has 3 aromatic rings. The van der Waals surface area contributed by atoms with Crippen LogP contribution in [-0.4, -0.2) is 16.7 Å². The van der Waals surface area contributed by atoms with Crippen LogP contribution in [0.5, 0.6) is 0 Å². The monoisotopic (exact) mass is 365 g/mol. The Kier molecular flexibility index (Phi) is 5.29. The molecule has 1 aromatic heterocycles. The molecular weight excluding hydrogens is 350 g/mol. The summed E-state index contributed by atoms with van der Waals surface area (Å²) in [4.78, 5) is 27.7. The molecule has 0 spiro atoms. The molecule has 1 heterocycles. The van der Waals surface area contributed by atoms with Gasteiger partial charge < -0.3 is 10.6 Å². The number of carbonyl (C=O) groups is 2. The number of amides is 1. The molecule has 0 fully saturated rings. The van der Waals surface area contributed by atoms with Crippen molar-refractivity contribution in [2.45, 2.75) is 6.92 Å². The van der Waals surface area contributed by atoms with Crippen LogP contribution in [0.15, 0.2) is 66.9 Å². The molecule has 5 nitrogen and oxygen atoms in total. The first-order valence-corrected chi connectivity index (χ1v) is 8.30. The van der Waals surface area contributed by atoms with E-state index >= 15 is 0 Å². The number of Topliss-reactive ketones (excluding diaryl/α,β-unsaturated/α-hetero) is 1. The van der Waals surface area contributed by atoms with Gasteiger partial charge in [-0.3, -0.25) is 9.59 Å². The zero-order valence-electron chi connectivity index (χ0n) is 14.0. The number of benzene rings is 2. The maximum absolute atomic E-state index is 12.3. The van der Waals surface area contributed by atoms with Gasteiger partial charge in [0.25, 0.3) is 5.91 Å². The predicted molar refractivity (Wildman–Crippen MR) is 103 cm³/mol. The van der Waals surface area contributed by atoms with Crippen molar-refractivity contribution in [2.24, 2.45) is 0 Å². The summed E-state index contributed by atoms with van der Waals surface area (Å²) in [6, 6.07) is 17.4. The average molecular weight is 366 g/mol. The van der Waals surface area contributed by atoms with Crippen LogP contribution in [0.4, 0.5) is 17.1 Å². The number of halogens is 1. The van der Waals surface area contributed by atoms with Gasteiger partial charge in [-0.25, -0.2) is 4.98 Å². The summed E-state index contributed by atoms with van der Waals surface area (Å²) in [7, 11) is 0. The van der Waals surface area contributed by atoms with Crippen molar-refractivity contribution in [3.8, 4) is 0 Å². The SMILES string of the molecule is CC(=O)c1ccc(NC(=O)c2ccc(Nc3ccc(Cl)cc3)cn2)cc1. The highest BCUT2D eigenvalue weighted by atomic mass is 35.5. The van der Waals surface area contributed by atoms with E-state index in [0.29, 0.717) is 22.0 Å². The summed E-state index contributed by atoms with van der Waals surface area (Å²) in [6.07, 6.45) is 1.59. The standard InChI is InChI=1S/C20H16ClN3O2/c1-13(25)14-2-6-17(7-3-14)24-20(26)19-11-10-18(12-22-19)23-16-8-4-15(21)5-9-16/h2-12,23H,1H3,(H,24,26). The number of ketones is 1. The number of hydrogen-bond donors (Lipinski definition) is 2. The Morgan fingerprint density at radius 2 is 1.46 bits per heavy atom. The Morgan fingerprint density at radius 3 is 2.04 bits per heavy atom. The van der Waals surface area contributed by atoms with Gasteiger partial charge in [0.05, 0.1) is 11.9 Å². The number of nitrogens with zero attached hydrogens (tertiary/aromatic N) is 1. The van der Waals surface area contributed by atoms with Crippen molar-refractivity contribution >= 4 is 40.4 Å². The van der Waals surface area contributed by atoms with Crippen LogP contribution in [0, 0.1) is 0 Å². The van der Waals surface area contributed by atoms with Gasteiger partial charge >= 0.3 is 0 Å². The largest absolute Gasteiger partial charge is 0.354 e. The molecule has 130 valence electrons. The summed E-state index contributed by atoms with van der Waals surface area (Å²) in [6.45, 7) is 1.50. The molecule has 6 heteroatoms. The molecule has 2 aromatic carbocycles. The minimum absolute atomic E-state index is 0.0201. The van der Waals surface area contributed by atoms with Gasteiger partial charge in [-0.15, -0.1) is 0 Å². The molecule has 0 bridgehead atoms. The lowest BCUT2D eigenvalue weighted by atomic mass is 10.1. The first kappa shape index (κ1) is 17.6. The van der Waals surface area contributed by atoms with Crippen LogP contribution in [0.1, 0.15) is 27.8 Å². The number of rotatable bonds is 5. The third-order valence-electron chi connectivity index (χ3n) is 3.68.